The van der Waals surface area contributed by atoms with Crippen LogP contribution in [0.5, 0.6) is 5.75 Å². The zero-order valence-corrected chi connectivity index (χ0v) is 16.2. The fourth-order valence-electron chi connectivity index (χ4n) is 2.42. The Kier molecular flexibility index (Phi) is 6.27. The summed E-state index contributed by atoms with van der Waals surface area (Å²) in [5.41, 5.74) is 0.142. The molecule has 27 heavy (non-hydrogen) atoms. The van der Waals surface area contributed by atoms with Gasteiger partial charge in [-0.3, -0.25) is 9.10 Å². The van der Waals surface area contributed by atoms with Gasteiger partial charge in [0.2, 0.25) is 15.9 Å². The fraction of sp³-hybridized carbons (Fsp3) is 0.235. The predicted octanol–water partition coefficient (Wildman–Crippen LogP) is 3.42. The van der Waals surface area contributed by atoms with Crippen molar-refractivity contribution in [3.05, 3.63) is 53.1 Å². The van der Waals surface area contributed by atoms with Crippen LogP contribution in [0.3, 0.4) is 0 Å². The molecule has 0 bridgehead atoms. The lowest BCUT2D eigenvalue weighted by molar-refractivity contribution is -0.116. The van der Waals surface area contributed by atoms with E-state index in [2.05, 4.69) is 5.32 Å². The van der Waals surface area contributed by atoms with Crippen molar-refractivity contribution in [1.82, 2.24) is 0 Å². The van der Waals surface area contributed by atoms with Gasteiger partial charge in [-0.05, 0) is 37.3 Å². The van der Waals surface area contributed by atoms with Gasteiger partial charge in [-0.2, -0.15) is 0 Å². The van der Waals surface area contributed by atoms with E-state index >= 15 is 0 Å². The van der Waals surface area contributed by atoms with E-state index in [0.29, 0.717) is 21.8 Å². The molecule has 0 radical (unpaired) electrons. The number of rotatable bonds is 6. The minimum absolute atomic E-state index is 0.174. The summed E-state index contributed by atoms with van der Waals surface area (Å²) < 4.78 is 56.7. The van der Waals surface area contributed by atoms with Crippen LogP contribution < -0.4 is 14.4 Å². The standard InChI is InChI=1S/C17H17ClF2N2O4S/c1-10(17(23)21-11-4-7-16(26-2)13(18)8-11)22(27(3,24)25)12-5-6-14(19)15(20)9-12/h4-10H,1-3H3,(H,21,23). The molecule has 1 N–H and O–H groups in total. The normalized spacial score (nSPS) is 12.4. The van der Waals surface area contributed by atoms with Crippen LogP contribution in [0, 0.1) is 11.6 Å². The van der Waals surface area contributed by atoms with Crippen LogP contribution in [-0.4, -0.2) is 33.7 Å². The van der Waals surface area contributed by atoms with Crippen molar-refractivity contribution in [3.63, 3.8) is 0 Å². The summed E-state index contributed by atoms with van der Waals surface area (Å²) in [6.45, 7) is 1.32. The van der Waals surface area contributed by atoms with Gasteiger partial charge < -0.3 is 10.1 Å². The van der Waals surface area contributed by atoms with Crippen molar-refractivity contribution >= 4 is 38.9 Å². The highest BCUT2D eigenvalue weighted by Gasteiger charge is 2.30. The number of anilines is 2. The molecule has 10 heteroatoms. The molecule has 2 aromatic rings. The summed E-state index contributed by atoms with van der Waals surface area (Å²) in [7, 11) is -2.53. The lowest BCUT2D eigenvalue weighted by Crippen LogP contribution is -2.45. The topological polar surface area (TPSA) is 75.7 Å². The summed E-state index contributed by atoms with van der Waals surface area (Å²) in [4.78, 5) is 12.5. The van der Waals surface area contributed by atoms with E-state index in [-0.39, 0.29) is 10.7 Å². The number of nitrogens with one attached hydrogen (secondary N) is 1. The van der Waals surface area contributed by atoms with Crippen LogP contribution in [0.2, 0.25) is 5.02 Å². The number of carbonyl (C=O) groups excluding carboxylic acids is 1. The molecule has 1 unspecified atom stereocenters. The monoisotopic (exact) mass is 418 g/mol. The van der Waals surface area contributed by atoms with Gasteiger partial charge >= 0.3 is 0 Å². The first kappa shape index (κ1) is 20.9. The lowest BCUT2D eigenvalue weighted by Gasteiger charge is -2.28. The van der Waals surface area contributed by atoms with Gasteiger partial charge in [-0.1, -0.05) is 11.6 Å². The Labute approximate surface area is 160 Å². The highest BCUT2D eigenvalue weighted by Crippen LogP contribution is 2.28. The molecule has 0 aliphatic rings. The molecule has 0 heterocycles. The Morgan fingerprint density at radius 1 is 1.19 bits per heavy atom. The molecule has 0 fully saturated rings. The summed E-state index contributed by atoms with van der Waals surface area (Å²) in [6, 6.07) is 5.83. The van der Waals surface area contributed by atoms with Gasteiger partial charge in [-0.25, -0.2) is 17.2 Å². The number of hydrogen-bond acceptors (Lipinski definition) is 4. The third-order valence-corrected chi connectivity index (χ3v) is 5.20. The van der Waals surface area contributed by atoms with Gasteiger partial charge in [0.15, 0.2) is 11.6 Å². The third kappa shape index (κ3) is 4.86. The second-order valence-electron chi connectivity index (χ2n) is 5.67. The van der Waals surface area contributed by atoms with Crippen LogP contribution in [0.15, 0.2) is 36.4 Å². The van der Waals surface area contributed by atoms with E-state index in [4.69, 9.17) is 16.3 Å². The molecule has 0 saturated carbocycles. The van der Waals surface area contributed by atoms with Crippen LogP contribution in [0.1, 0.15) is 6.92 Å². The van der Waals surface area contributed by atoms with Crippen LogP contribution in [-0.2, 0) is 14.8 Å². The molecule has 1 amide bonds. The van der Waals surface area contributed by atoms with E-state index in [1.165, 1.54) is 32.2 Å². The largest absolute Gasteiger partial charge is 0.495 e. The van der Waals surface area contributed by atoms with E-state index in [9.17, 15) is 22.0 Å². The first-order valence-corrected chi connectivity index (χ1v) is 9.86. The molecule has 2 aromatic carbocycles. The minimum Gasteiger partial charge on any atom is -0.495 e. The van der Waals surface area contributed by atoms with Crippen molar-refractivity contribution in [3.8, 4) is 5.75 Å². The highest BCUT2D eigenvalue weighted by atomic mass is 35.5. The van der Waals surface area contributed by atoms with Gasteiger partial charge in [0.25, 0.3) is 0 Å². The Hall–Kier alpha value is -2.39. The third-order valence-electron chi connectivity index (χ3n) is 3.67. The van der Waals surface area contributed by atoms with Crippen LogP contribution in [0.25, 0.3) is 0 Å². The Morgan fingerprint density at radius 2 is 1.85 bits per heavy atom. The van der Waals surface area contributed by atoms with Crippen molar-refractivity contribution in [1.29, 1.82) is 0 Å². The van der Waals surface area contributed by atoms with Crippen LogP contribution >= 0.6 is 11.6 Å². The second kappa shape index (κ2) is 8.10. The maximum absolute atomic E-state index is 13.5. The molecule has 0 aliphatic heterocycles. The van der Waals surface area contributed by atoms with Crippen molar-refractivity contribution < 1.29 is 26.7 Å². The SMILES string of the molecule is COc1ccc(NC(=O)C(C)N(c2ccc(F)c(F)c2)S(C)(=O)=O)cc1Cl. The molecular weight excluding hydrogens is 402 g/mol. The summed E-state index contributed by atoms with van der Waals surface area (Å²) in [6.07, 6.45) is 0.863. The van der Waals surface area contributed by atoms with Crippen molar-refractivity contribution in [2.75, 3.05) is 23.0 Å². The number of amides is 1. The molecule has 1 atom stereocenters. The average Bonchev–Trinajstić information content (AvgIpc) is 2.57. The quantitative estimate of drug-likeness (QED) is 0.779. The number of methoxy groups -OCH3 is 1. The zero-order chi connectivity index (χ0) is 20.4. The van der Waals surface area contributed by atoms with Crippen LogP contribution in [0.4, 0.5) is 20.2 Å². The number of benzene rings is 2. The molecule has 6 nitrogen and oxygen atoms in total. The number of sulfonamides is 1. The van der Waals surface area contributed by atoms with Crippen molar-refractivity contribution in [2.24, 2.45) is 0 Å². The lowest BCUT2D eigenvalue weighted by atomic mass is 10.2. The zero-order valence-electron chi connectivity index (χ0n) is 14.7. The molecule has 0 saturated heterocycles. The number of carbonyl (C=O) groups is 1. The summed E-state index contributed by atoms with van der Waals surface area (Å²) >= 11 is 6.00. The number of halogens is 3. The smallest absolute Gasteiger partial charge is 0.247 e. The Bertz CT molecular complexity index is 969. The number of hydrogen-bond donors (Lipinski definition) is 1. The van der Waals surface area contributed by atoms with Gasteiger partial charge in [0.05, 0.1) is 24.1 Å². The number of nitrogens with zero attached hydrogens (tertiary/aromatic N) is 1. The molecule has 2 rings (SSSR count). The maximum atomic E-state index is 13.5. The molecular formula is C17H17ClF2N2O4S. The van der Waals surface area contributed by atoms with Gasteiger partial charge in [0, 0.05) is 11.8 Å². The highest BCUT2D eigenvalue weighted by molar-refractivity contribution is 7.92. The van der Waals surface area contributed by atoms with Gasteiger partial charge in [-0.15, -0.1) is 0 Å². The van der Waals surface area contributed by atoms with E-state index in [0.717, 1.165) is 18.4 Å². The first-order chi connectivity index (χ1) is 12.5. The summed E-state index contributed by atoms with van der Waals surface area (Å²) in [5.74, 6) is -2.64. The molecule has 146 valence electrons. The Morgan fingerprint density at radius 3 is 2.37 bits per heavy atom. The summed E-state index contributed by atoms with van der Waals surface area (Å²) in [5, 5.41) is 2.78. The van der Waals surface area contributed by atoms with E-state index in [1.54, 1.807) is 0 Å². The Balaban J connectivity index is 2.32. The second-order valence-corrected chi connectivity index (χ2v) is 7.94. The molecule has 0 aliphatic carbocycles. The average molecular weight is 419 g/mol. The maximum Gasteiger partial charge on any atom is 0.247 e. The van der Waals surface area contributed by atoms with E-state index < -0.39 is 33.6 Å². The van der Waals surface area contributed by atoms with Gasteiger partial charge in [0.1, 0.15) is 11.8 Å². The van der Waals surface area contributed by atoms with Crippen molar-refractivity contribution in [2.45, 2.75) is 13.0 Å². The first-order valence-electron chi connectivity index (χ1n) is 7.63. The number of ether oxygens (including phenoxy) is 1. The van der Waals surface area contributed by atoms with E-state index in [1.807, 2.05) is 0 Å². The molecule has 0 spiro atoms. The minimum atomic E-state index is -3.97. The predicted molar refractivity (Wildman–Crippen MR) is 99.8 cm³/mol. The fourth-order valence-corrected chi connectivity index (χ4v) is 3.85. The molecule has 0 aromatic heterocycles.